The molecule has 0 aliphatic carbocycles. The summed E-state index contributed by atoms with van der Waals surface area (Å²) in [5.41, 5.74) is 3.49. The van der Waals surface area contributed by atoms with Gasteiger partial charge in [-0.05, 0) is 51.0 Å². The highest BCUT2D eigenvalue weighted by Gasteiger charge is 2.06. The normalized spacial score (nSPS) is 11.3. The van der Waals surface area contributed by atoms with E-state index in [9.17, 15) is 0 Å². The smallest absolute Gasteiger partial charge is 0.193 e. The van der Waals surface area contributed by atoms with E-state index in [0.29, 0.717) is 6.61 Å². The Morgan fingerprint density at radius 3 is 2.58 bits per heavy atom. The molecule has 0 spiro atoms. The number of hydrogen-bond donors (Lipinski definition) is 1. The average Bonchev–Trinajstić information content (AvgIpc) is 2.64. The molecule has 1 aromatic carbocycles. The third kappa shape index (κ3) is 6.75. The molecule has 2 aromatic rings. The molecule has 0 saturated carbocycles. The second-order valence-corrected chi connectivity index (χ2v) is 6.38. The highest BCUT2D eigenvalue weighted by Crippen LogP contribution is 2.11. The zero-order chi connectivity index (χ0) is 18.8. The Hall–Kier alpha value is -2.56. The molecule has 5 heteroatoms. The Balaban J connectivity index is 1.81. The zero-order valence-corrected chi connectivity index (χ0v) is 16.3. The third-order valence-corrected chi connectivity index (χ3v) is 4.05. The maximum atomic E-state index is 5.81. The number of pyridine rings is 1. The third-order valence-electron chi connectivity index (χ3n) is 4.05. The first-order chi connectivity index (χ1) is 12.6. The van der Waals surface area contributed by atoms with Crippen molar-refractivity contribution >= 4 is 5.96 Å². The van der Waals surface area contributed by atoms with E-state index in [1.54, 1.807) is 0 Å². The Morgan fingerprint density at radius 1 is 1.15 bits per heavy atom. The molecule has 0 fully saturated rings. The Kier molecular flexibility index (Phi) is 7.93. The van der Waals surface area contributed by atoms with Crippen molar-refractivity contribution in [3.8, 4) is 5.75 Å². The van der Waals surface area contributed by atoms with Crippen LogP contribution in [-0.4, -0.2) is 49.1 Å². The standard InChI is InChI=1S/C21H30N4O/c1-5-22-21(23-13-12-19-9-8-18(3)24-16-19)25(4)14-15-26-20-10-6-17(2)7-11-20/h6-11,16H,5,12-15H2,1-4H3,(H,22,23). The van der Waals surface area contributed by atoms with Crippen molar-refractivity contribution in [3.05, 3.63) is 59.4 Å². The number of rotatable bonds is 8. The maximum absolute atomic E-state index is 5.81. The van der Waals surface area contributed by atoms with Crippen LogP contribution in [0.1, 0.15) is 23.7 Å². The number of nitrogens with zero attached hydrogens (tertiary/aromatic N) is 3. The van der Waals surface area contributed by atoms with Gasteiger partial charge >= 0.3 is 0 Å². The Morgan fingerprint density at radius 2 is 1.92 bits per heavy atom. The summed E-state index contributed by atoms with van der Waals surface area (Å²) < 4.78 is 5.81. The van der Waals surface area contributed by atoms with E-state index in [-0.39, 0.29) is 0 Å². The molecule has 140 valence electrons. The van der Waals surface area contributed by atoms with Crippen LogP contribution in [-0.2, 0) is 6.42 Å². The lowest BCUT2D eigenvalue weighted by molar-refractivity contribution is 0.281. The van der Waals surface area contributed by atoms with Gasteiger partial charge in [0, 0.05) is 32.0 Å². The van der Waals surface area contributed by atoms with Crippen LogP contribution in [0.2, 0.25) is 0 Å². The lowest BCUT2D eigenvalue weighted by Gasteiger charge is -2.22. The van der Waals surface area contributed by atoms with E-state index >= 15 is 0 Å². The van der Waals surface area contributed by atoms with Crippen LogP contribution in [0.15, 0.2) is 47.6 Å². The van der Waals surface area contributed by atoms with E-state index < -0.39 is 0 Å². The molecular formula is C21H30N4O. The fourth-order valence-electron chi connectivity index (χ4n) is 2.45. The van der Waals surface area contributed by atoms with E-state index in [1.165, 1.54) is 11.1 Å². The van der Waals surface area contributed by atoms with Gasteiger partial charge in [-0.2, -0.15) is 0 Å². The van der Waals surface area contributed by atoms with Crippen LogP contribution >= 0.6 is 0 Å². The number of aromatic nitrogens is 1. The van der Waals surface area contributed by atoms with Crippen LogP contribution in [0.25, 0.3) is 0 Å². The minimum atomic E-state index is 0.617. The number of likely N-dealkylation sites (N-methyl/N-ethyl adjacent to an activating group) is 1. The van der Waals surface area contributed by atoms with Gasteiger partial charge in [0.15, 0.2) is 5.96 Å². The van der Waals surface area contributed by atoms with Crippen molar-refractivity contribution in [2.45, 2.75) is 27.2 Å². The summed E-state index contributed by atoms with van der Waals surface area (Å²) in [4.78, 5) is 11.2. The molecule has 0 atom stereocenters. The van der Waals surface area contributed by atoms with E-state index in [1.807, 2.05) is 38.4 Å². The minimum Gasteiger partial charge on any atom is -0.492 e. The average molecular weight is 354 g/mol. The molecule has 0 aliphatic rings. The van der Waals surface area contributed by atoms with Crippen molar-refractivity contribution in [1.82, 2.24) is 15.2 Å². The van der Waals surface area contributed by atoms with Crippen LogP contribution in [0.3, 0.4) is 0 Å². The van der Waals surface area contributed by atoms with Gasteiger partial charge in [-0.15, -0.1) is 0 Å². The second-order valence-electron chi connectivity index (χ2n) is 6.38. The van der Waals surface area contributed by atoms with Crippen molar-refractivity contribution in [1.29, 1.82) is 0 Å². The van der Waals surface area contributed by atoms with Crippen molar-refractivity contribution in [2.24, 2.45) is 4.99 Å². The fourth-order valence-corrected chi connectivity index (χ4v) is 2.45. The SMILES string of the molecule is CCNC(=NCCc1ccc(C)nc1)N(C)CCOc1ccc(C)cc1. The van der Waals surface area contributed by atoms with E-state index in [0.717, 1.165) is 43.5 Å². The summed E-state index contributed by atoms with van der Waals surface area (Å²) in [6.45, 7) is 9.11. The topological polar surface area (TPSA) is 49.8 Å². The number of hydrogen-bond acceptors (Lipinski definition) is 3. The lowest BCUT2D eigenvalue weighted by Crippen LogP contribution is -2.41. The van der Waals surface area contributed by atoms with Gasteiger partial charge in [-0.3, -0.25) is 9.98 Å². The van der Waals surface area contributed by atoms with Crippen LogP contribution in [0.4, 0.5) is 0 Å². The molecular weight excluding hydrogens is 324 g/mol. The highest BCUT2D eigenvalue weighted by molar-refractivity contribution is 5.79. The largest absolute Gasteiger partial charge is 0.492 e. The summed E-state index contributed by atoms with van der Waals surface area (Å²) in [5.74, 6) is 1.80. The molecule has 0 unspecified atom stereocenters. The molecule has 0 bridgehead atoms. The van der Waals surface area contributed by atoms with Gasteiger partial charge in [0.25, 0.3) is 0 Å². The minimum absolute atomic E-state index is 0.617. The van der Waals surface area contributed by atoms with Crippen molar-refractivity contribution in [2.75, 3.05) is 33.3 Å². The first-order valence-corrected chi connectivity index (χ1v) is 9.19. The molecule has 0 radical (unpaired) electrons. The molecule has 0 saturated heterocycles. The quantitative estimate of drug-likeness (QED) is 0.584. The number of guanidine groups is 1. The van der Waals surface area contributed by atoms with Crippen molar-refractivity contribution < 1.29 is 4.74 Å². The lowest BCUT2D eigenvalue weighted by atomic mass is 10.2. The number of nitrogens with one attached hydrogen (secondary N) is 1. The van der Waals surface area contributed by atoms with E-state index in [4.69, 9.17) is 9.73 Å². The van der Waals surface area contributed by atoms with Gasteiger partial charge in [-0.25, -0.2) is 0 Å². The van der Waals surface area contributed by atoms with Gasteiger partial charge in [-0.1, -0.05) is 23.8 Å². The Bertz CT molecular complexity index is 680. The Labute approximate surface area is 157 Å². The summed E-state index contributed by atoms with van der Waals surface area (Å²) in [5, 5.41) is 3.34. The molecule has 0 amide bonds. The van der Waals surface area contributed by atoms with Gasteiger partial charge in [0.2, 0.25) is 0 Å². The molecule has 0 aliphatic heterocycles. The molecule has 5 nitrogen and oxygen atoms in total. The van der Waals surface area contributed by atoms with Crippen LogP contribution in [0, 0.1) is 13.8 Å². The summed E-state index contributed by atoms with van der Waals surface area (Å²) in [6.07, 6.45) is 2.81. The second kappa shape index (κ2) is 10.4. The summed E-state index contributed by atoms with van der Waals surface area (Å²) in [7, 11) is 2.04. The molecule has 26 heavy (non-hydrogen) atoms. The number of ether oxygens (including phenoxy) is 1. The van der Waals surface area contributed by atoms with E-state index in [2.05, 4.69) is 47.2 Å². The first kappa shape index (κ1) is 19.8. The number of benzene rings is 1. The van der Waals surface area contributed by atoms with Crippen LogP contribution < -0.4 is 10.1 Å². The molecule has 2 rings (SSSR count). The van der Waals surface area contributed by atoms with Gasteiger partial charge < -0.3 is 15.0 Å². The predicted octanol–water partition coefficient (Wildman–Crippen LogP) is 3.22. The number of aliphatic imine (C=N–C) groups is 1. The fraction of sp³-hybridized carbons (Fsp3) is 0.429. The summed E-state index contributed by atoms with van der Waals surface area (Å²) >= 11 is 0. The monoisotopic (exact) mass is 354 g/mol. The zero-order valence-electron chi connectivity index (χ0n) is 16.3. The first-order valence-electron chi connectivity index (χ1n) is 9.19. The van der Waals surface area contributed by atoms with Gasteiger partial charge in [0.05, 0.1) is 6.54 Å². The summed E-state index contributed by atoms with van der Waals surface area (Å²) in [6, 6.07) is 12.3. The maximum Gasteiger partial charge on any atom is 0.193 e. The predicted molar refractivity (Wildman–Crippen MR) is 108 cm³/mol. The van der Waals surface area contributed by atoms with Gasteiger partial charge in [0.1, 0.15) is 12.4 Å². The molecule has 1 N–H and O–H groups in total. The number of aryl methyl sites for hydroxylation is 2. The van der Waals surface area contributed by atoms with Crippen LogP contribution in [0.5, 0.6) is 5.75 Å². The highest BCUT2D eigenvalue weighted by atomic mass is 16.5. The van der Waals surface area contributed by atoms with Crippen molar-refractivity contribution in [3.63, 3.8) is 0 Å². The molecule has 1 heterocycles. The molecule has 1 aromatic heterocycles.